The zero-order chi connectivity index (χ0) is 6.08. The molecular weight excluding hydrogens is 207 g/mol. The van der Waals surface area contributed by atoms with E-state index in [2.05, 4.69) is 0 Å². The third kappa shape index (κ3) is 2.85. The third-order valence-electron chi connectivity index (χ3n) is 0.485. The smallest absolute Gasteiger partial charge is 0.0568 e. The summed E-state index contributed by atoms with van der Waals surface area (Å²) in [7, 11) is 0. The number of carboxylic acid groups (broad SMARTS) is 1. The Morgan fingerprint density at radius 2 is 1.86 bits per heavy atom. The highest BCUT2D eigenvalue weighted by atomic mass is 127. The number of aliphatic carboxylic acids is 1. The second-order valence-electron chi connectivity index (χ2n) is 1.76. The van der Waals surface area contributed by atoms with Crippen LogP contribution in [0.1, 0.15) is 13.8 Å². The SMILES string of the molecule is CC(C)(I)C(=O)[O-]. The normalized spacial score (nSPS) is 11.3. The van der Waals surface area contributed by atoms with E-state index in [0.29, 0.717) is 0 Å². The van der Waals surface area contributed by atoms with Gasteiger partial charge in [0, 0.05) is 0 Å². The van der Waals surface area contributed by atoms with E-state index < -0.39 is 9.39 Å². The van der Waals surface area contributed by atoms with Crippen molar-refractivity contribution < 1.29 is 9.90 Å². The summed E-state index contributed by atoms with van der Waals surface area (Å²) in [6.45, 7) is 3.17. The zero-order valence-electron chi connectivity index (χ0n) is 4.19. The summed E-state index contributed by atoms with van der Waals surface area (Å²) in [5.74, 6) is -1.02. The lowest BCUT2D eigenvalue weighted by Gasteiger charge is -2.15. The number of carboxylic acids is 1. The first-order valence-electron chi connectivity index (χ1n) is 1.85. The fourth-order valence-electron chi connectivity index (χ4n) is 0. The van der Waals surface area contributed by atoms with Gasteiger partial charge in [0.1, 0.15) is 0 Å². The average Bonchev–Trinajstić information content (AvgIpc) is 1.31. The van der Waals surface area contributed by atoms with Crippen molar-refractivity contribution in [1.29, 1.82) is 0 Å². The maximum absolute atomic E-state index is 9.90. The Hall–Kier alpha value is 0.200. The van der Waals surface area contributed by atoms with Gasteiger partial charge in [-0.25, -0.2) is 0 Å². The number of hydrogen-bond acceptors (Lipinski definition) is 2. The molecule has 0 amide bonds. The first kappa shape index (κ1) is 7.20. The highest BCUT2D eigenvalue weighted by molar-refractivity contribution is 14.1. The average molecular weight is 213 g/mol. The molecule has 0 saturated carbocycles. The van der Waals surface area contributed by atoms with Gasteiger partial charge in [0.2, 0.25) is 0 Å². The van der Waals surface area contributed by atoms with Crippen LogP contribution in [-0.2, 0) is 4.79 Å². The summed E-state index contributed by atoms with van der Waals surface area (Å²) in [6, 6.07) is 0. The summed E-state index contributed by atoms with van der Waals surface area (Å²) in [5.41, 5.74) is 0. The van der Waals surface area contributed by atoms with Crippen LogP contribution < -0.4 is 5.11 Å². The van der Waals surface area contributed by atoms with E-state index in [1.165, 1.54) is 0 Å². The van der Waals surface area contributed by atoms with Crippen LogP contribution in [0.25, 0.3) is 0 Å². The highest BCUT2D eigenvalue weighted by Gasteiger charge is 2.11. The molecule has 0 aliphatic heterocycles. The molecule has 0 bridgehead atoms. The molecule has 0 saturated heterocycles. The third-order valence-corrected chi connectivity index (χ3v) is 0.926. The molecule has 0 spiro atoms. The summed E-state index contributed by atoms with van der Waals surface area (Å²) < 4.78 is -0.724. The summed E-state index contributed by atoms with van der Waals surface area (Å²) >= 11 is 1.80. The maximum atomic E-state index is 9.90. The van der Waals surface area contributed by atoms with Crippen molar-refractivity contribution in [2.45, 2.75) is 17.3 Å². The fraction of sp³-hybridized carbons (Fsp3) is 0.750. The van der Waals surface area contributed by atoms with Gasteiger partial charge in [-0.1, -0.05) is 22.6 Å². The molecule has 0 heterocycles. The van der Waals surface area contributed by atoms with Gasteiger partial charge in [-0.2, -0.15) is 0 Å². The Kier molecular flexibility index (Phi) is 2.04. The van der Waals surface area contributed by atoms with E-state index in [4.69, 9.17) is 0 Å². The minimum atomic E-state index is -1.02. The van der Waals surface area contributed by atoms with Crippen molar-refractivity contribution in [3.05, 3.63) is 0 Å². The molecule has 0 unspecified atom stereocenters. The molecule has 0 aromatic heterocycles. The van der Waals surface area contributed by atoms with Crippen LogP contribution >= 0.6 is 22.6 Å². The van der Waals surface area contributed by atoms with Gasteiger partial charge in [0.15, 0.2) is 0 Å². The lowest BCUT2D eigenvalue weighted by Crippen LogP contribution is -2.38. The van der Waals surface area contributed by atoms with Gasteiger partial charge >= 0.3 is 0 Å². The predicted octanol–water partition coefficient (Wildman–Crippen LogP) is -0.0501. The Morgan fingerprint density at radius 3 is 1.86 bits per heavy atom. The van der Waals surface area contributed by atoms with Crippen molar-refractivity contribution in [1.82, 2.24) is 0 Å². The first-order valence-corrected chi connectivity index (χ1v) is 2.93. The molecule has 0 N–H and O–H groups in total. The van der Waals surface area contributed by atoms with Crippen molar-refractivity contribution in [3.63, 3.8) is 0 Å². The van der Waals surface area contributed by atoms with E-state index in [-0.39, 0.29) is 0 Å². The number of rotatable bonds is 1. The van der Waals surface area contributed by atoms with Crippen LogP contribution in [-0.4, -0.2) is 9.39 Å². The Labute approximate surface area is 56.1 Å². The van der Waals surface area contributed by atoms with Crippen LogP contribution in [0.15, 0.2) is 0 Å². The molecule has 0 radical (unpaired) electrons. The summed E-state index contributed by atoms with van der Waals surface area (Å²) in [4.78, 5) is 9.90. The van der Waals surface area contributed by atoms with E-state index in [1.54, 1.807) is 36.4 Å². The van der Waals surface area contributed by atoms with Gasteiger partial charge in [-0.3, -0.25) is 0 Å². The van der Waals surface area contributed by atoms with Crippen molar-refractivity contribution in [2.24, 2.45) is 0 Å². The standard InChI is InChI=1S/C4H7IO2/c1-4(2,5)3(6)7/h1-2H3,(H,6,7)/p-1. The predicted molar refractivity (Wildman–Crippen MR) is 33.1 cm³/mol. The van der Waals surface area contributed by atoms with Crippen molar-refractivity contribution >= 4 is 28.6 Å². The topological polar surface area (TPSA) is 40.1 Å². The van der Waals surface area contributed by atoms with E-state index in [0.717, 1.165) is 0 Å². The van der Waals surface area contributed by atoms with Gasteiger partial charge in [0.25, 0.3) is 0 Å². The molecule has 0 aliphatic rings. The Bertz CT molecular complexity index is 82.2. The number of halogens is 1. The lowest BCUT2D eigenvalue weighted by atomic mass is 10.2. The van der Waals surface area contributed by atoms with E-state index >= 15 is 0 Å². The monoisotopic (exact) mass is 213 g/mol. The van der Waals surface area contributed by atoms with Crippen LogP contribution in [0.3, 0.4) is 0 Å². The number of carbonyl (C=O) groups excluding carboxylic acids is 1. The zero-order valence-corrected chi connectivity index (χ0v) is 6.35. The molecule has 0 rings (SSSR count). The Balaban J connectivity index is 3.79. The largest absolute Gasteiger partial charge is 0.549 e. The molecule has 3 heteroatoms. The Morgan fingerprint density at radius 1 is 1.71 bits per heavy atom. The molecule has 0 aromatic carbocycles. The molecule has 7 heavy (non-hydrogen) atoms. The molecule has 0 aromatic rings. The molecule has 42 valence electrons. The first-order chi connectivity index (χ1) is 2.94. The summed E-state index contributed by atoms with van der Waals surface area (Å²) in [5, 5.41) is 9.90. The van der Waals surface area contributed by atoms with Crippen LogP contribution in [0.2, 0.25) is 0 Å². The lowest BCUT2D eigenvalue weighted by molar-refractivity contribution is -0.307. The van der Waals surface area contributed by atoms with Crippen LogP contribution in [0.4, 0.5) is 0 Å². The number of hydrogen-bond donors (Lipinski definition) is 0. The van der Waals surface area contributed by atoms with Crippen molar-refractivity contribution in [2.75, 3.05) is 0 Å². The van der Waals surface area contributed by atoms with Gasteiger partial charge in [-0.05, 0) is 13.8 Å². The van der Waals surface area contributed by atoms with E-state index in [9.17, 15) is 9.90 Å². The second kappa shape index (κ2) is 1.98. The molecule has 0 fully saturated rings. The van der Waals surface area contributed by atoms with Gasteiger partial charge in [0.05, 0.1) is 9.39 Å². The maximum Gasteiger partial charge on any atom is 0.0568 e. The van der Waals surface area contributed by atoms with Crippen LogP contribution in [0, 0.1) is 0 Å². The van der Waals surface area contributed by atoms with Gasteiger partial charge in [-0.15, -0.1) is 0 Å². The number of alkyl halides is 1. The van der Waals surface area contributed by atoms with Crippen molar-refractivity contribution in [3.8, 4) is 0 Å². The number of carbonyl (C=O) groups is 1. The second-order valence-corrected chi connectivity index (χ2v) is 4.46. The molecule has 2 nitrogen and oxygen atoms in total. The van der Waals surface area contributed by atoms with Crippen LogP contribution in [0.5, 0.6) is 0 Å². The minimum absolute atomic E-state index is 0.724. The molecule has 0 aliphatic carbocycles. The molecule has 0 atom stereocenters. The quantitative estimate of drug-likeness (QED) is 0.452. The molecular formula is C4H6IO2-. The summed E-state index contributed by atoms with van der Waals surface area (Å²) in [6.07, 6.45) is 0. The highest BCUT2D eigenvalue weighted by Crippen LogP contribution is 2.13. The van der Waals surface area contributed by atoms with Gasteiger partial charge < -0.3 is 9.90 Å². The van der Waals surface area contributed by atoms with E-state index in [1.807, 2.05) is 0 Å². The fourth-order valence-corrected chi connectivity index (χ4v) is 0. The minimum Gasteiger partial charge on any atom is -0.549 e.